The Morgan fingerprint density at radius 1 is 0.938 bits per heavy atom. The van der Waals surface area contributed by atoms with Crippen LogP contribution >= 0.6 is 11.8 Å². The highest BCUT2D eigenvalue weighted by atomic mass is 32.2. The summed E-state index contributed by atoms with van der Waals surface area (Å²) in [5.74, 6) is 0. The first-order valence-corrected chi connectivity index (χ1v) is 11.3. The average Bonchev–Trinajstić information content (AvgIpc) is 3.47. The average molecular weight is 441 g/mol. The van der Waals surface area contributed by atoms with Crippen molar-refractivity contribution in [1.29, 1.82) is 10.5 Å². The minimum absolute atomic E-state index is 0.00697. The number of fused-ring (bicyclic) bond motifs is 1. The van der Waals surface area contributed by atoms with Gasteiger partial charge in [-0.25, -0.2) is 4.52 Å². The minimum Gasteiger partial charge on any atom is -0.391 e. The molecule has 0 spiro atoms. The van der Waals surface area contributed by atoms with Crippen molar-refractivity contribution in [2.75, 3.05) is 0 Å². The fraction of sp³-hybridized carbons (Fsp3) is 0.250. The third-order valence-corrected chi connectivity index (χ3v) is 7.00. The van der Waals surface area contributed by atoms with Gasteiger partial charge in [-0.3, -0.25) is 4.68 Å². The Bertz CT molecular complexity index is 1380. The van der Waals surface area contributed by atoms with Crippen molar-refractivity contribution in [2.45, 2.75) is 47.6 Å². The van der Waals surface area contributed by atoms with Gasteiger partial charge in [-0.15, -0.1) is 0 Å². The zero-order chi connectivity index (χ0) is 22.1. The number of aliphatic hydroxyl groups is 1. The van der Waals surface area contributed by atoms with E-state index >= 15 is 0 Å². The molecule has 0 aliphatic heterocycles. The lowest BCUT2D eigenvalue weighted by Gasteiger charge is -2.27. The molecule has 0 radical (unpaired) electrons. The quantitative estimate of drug-likeness (QED) is 0.499. The smallest absolute Gasteiger partial charge is 0.103 e. The Morgan fingerprint density at radius 3 is 2.56 bits per heavy atom. The first-order valence-electron chi connectivity index (χ1n) is 10.5. The second-order valence-electron chi connectivity index (χ2n) is 7.89. The second kappa shape index (κ2) is 8.51. The van der Waals surface area contributed by atoms with E-state index in [-0.39, 0.29) is 12.1 Å². The predicted molar refractivity (Wildman–Crippen MR) is 120 cm³/mol. The van der Waals surface area contributed by atoms with E-state index in [0.29, 0.717) is 16.6 Å². The monoisotopic (exact) mass is 440 g/mol. The van der Waals surface area contributed by atoms with E-state index < -0.39 is 0 Å². The predicted octanol–water partition coefficient (Wildman–Crippen LogP) is 4.57. The number of hydrogen-bond donors (Lipinski definition) is 1. The van der Waals surface area contributed by atoms with Crippen LogP contribution in [0.25, 0.3) is 16.6 Å². The van der Waals surface area contributed by atoms with Crippen LogP contribution in [0.3, 0.4) is 0 Å². The number of pyridine rings is 1. The number of nitrogens with zero attached hydrogens (tertiary/aromatic N) is 6. The van der Waals surface area contributed by atoms with Crippen LogP contribution < -0.4 is 0 Å². The largest absolute Gasteiger partial charge is 0.391 e. The van der Waals surface area contributed by atoms with Gasteiger partial charge in [0.25, 0.3) is 0 Å². The van der Waals surface area contributed by atoms with Crippen LogP contribution in [0, 0.1) is 22.7 Å². The van der Waals surface area contributed by atoms with Gasteiger partial charge in [0.2, 0.25) is 0 Å². The molecule has 8 heteroatoms. The molecule has 0 bridgehead atoms. The molecule has 4 aromatic rings. The summed E-state index contributed by atoms with van der Waals surface area (Å²) in [5, 5.41) is 38.4. The van der Waals surface area contributed by atoms with Gasteiger partial charge in [-0.1, -0.05) is 36.7 Å². The van der Waals surface area contributed by atoms with E-state index in [1.54, 1.807) is 23.0 Å². The summed E-state index contributed by atoms with van der Waals surface area (Å²) in [6.07, 6.45) is 10.7. The van der Waals surface area contributed by atoms with Crippen molar-refractivity contribution in [3.8, 4) is 23.3 Å². The SMILES string of the molecule is N#Cc1ccccc1Sc1cc(-c2cnn(C3CCCC[C@H]3O)c2)cn2ncc(C#N)c12. The lowest BCUT2D eigenvalue weighted by atomic mass is 9.93. The van der Waals surface area contributed by atoms with Crippen LogP contribution in [0.5, 0.6) is 0 Å². The lowest BCUT2D eigenvalue weighted by Crippen LogP contribution is -2.27. The summed E-state index contributed by atoms with van der Waals surface area (Å²) in [6.45, 7) is 0. The third-order valence-electron chi connectivity index (χ3n) is 5.89. The molecule has 7 nitrogen and oxygen atoms in total. The van der Waals surface area contributed by atoms with Gasteiger partial charge in [0.15, 0.2) is 0 Å². The van der Waals surface area contributed by atoms with Gasteiger partial charge in [-0.2, -0.15) is 20.7 Å². The van der Waals surface area contributed by atoms with Crippen LogP contribution in [0.4, 0.5) is 0 Å². The first kappa shape index (κ1) is 20.3. The summed E-state index contributed by atoms with van der Waals surface area (Å²) in [4.78, 5) is 1.66. The van der Waals surface area contributed by atoms with Gasteiger partial charge >= 0.3 is 0 Å². The summed E-state index contributed by atoms with van der Waals surface area (Å²) in [5.41, 5.74) is 3.59. The standard InChI is InChI=1S/C24H20N6OS/c25-10-16-5-1-4-8-22(16)32-23-9-17(14-30-24(23)18(11-26)12-28-30)19-13-27-29(15-19)20-6-2-3-7-21(20)31/h1,4-5,8-9,12-15,20-21,31H,2-3,6-7H2/t20?,21-/m1/s1. The lowest BCUT2D eigenvalue weighted by molar-refractivity contribution is 0.0695. The molecular weight excluding hydrogens is 420 g/mol. The molecule has 1 aliphatic carbocycles. The fourth-order valence-corrected chi connectivity index (χ4v) is 5.33. The molecule has 1 fully saturated rings. The maximum absolute atomic E-state index is 10.4. The topological polar surface area (TPSA) is 103 Å². The Labute approximate surface area is 189 Å². The summed E-state index contributed by atoms with van der Waals surface area (Å²) in [6, 6.07) is 13.9. The normalized spacial score (nSPS) is 18.3. The molecule has 1 unspecified atom stereocenters. The Kier molecular flexibility index (Phi) is 5.40. The van der Waals surface area contributed by atoms with E-state index in [4.69, 9.17) is 0 Å². The van der Waals surface area contributed by atoms with Crippen LogP contribution in [-0.2, 0) is 0 Å². The van der Waals surface area contributed by atoms with Crippen molar-refractivity contribution in [1.82, 2.24) is 19.4 Å². The zero-order valence-corrected chi connectivity index (χ0v) is 18.0. The molecule has 1 saturated carbocycles. The number of rotatable bonds is 4. The van der Waals surface area contributed by atoms with Crippen molar-refractivity contribution in [3.05, 3.63) is 66.2 Å². The van der Waals surface area contributed by atoms with E-state index in [2.05, 4.69) is 22.3 Å². The van der Waals surface area contributed by atoms with Crippen molar-refractivity contribution in [3.63, 3.8) is 0 Å². The van der Waals surface area contributed by atoms with Gasteiger partial charge in [0.05, 0.1) is 41.2 Å². The summed E-state index contributed by atoms with van der Waals surface area (Å²) < 4.78 is 3.57. The van der Waals surface area contributed by atoms with Gasteiger partial charge in [0.1, 0.15) is 12.1 Å². The van der Waals surface area contributed by atoms with Gasteiger partial charge in [0, 0.05) is 33.3 Å². The van der Waals surface area contributed by atoms with Crippen LogP contribution in [-0.4, -0.2) is 30.6 Å². The molecule has 1 aromatic carbocycles. The van der Waals surface area contributed by atoms with E-state index in [9.17, 15) is 15.6 Å². The Morgan fingerprint density at radius 2 is 1.75 bits per heavy atom. The molecule has 0 saturated heterocycles. The molecule has 0 amide bonds. The Balaban J connectivity index is 1.58. The molecule has 1 N–H and O–H groups in total. The van der Waals surface area contributed by atoms with E-state index in [1.165, 1.54) is 11.8 Å². The second-order valence-corrected chi connectivity index (χ2v) is 8.98. The maximum atomic E-state index is 10.4. The third kappa shape index (κ3) is 3.64. The van der Waals surface area contributed by atoms with Gasteiger partial charge < -0.3 is 5.11 Å². The number of aromatic nitrogens is 4. The van der Waals surface area contributed by atoms with Crippen LogP contribution in [0.15, 0.2) is 64.9 Å². The summed E-state index contributed by atoms with van der Waals surface area (Å²) >= 11 is 1.44. The fourth-order valence-electron chi connectivity index (χ4n) is 4.24. The van der Waals surface area contributed by atoms with Crippen LogP contribution in [0.2, 0.25) is 0 Å². The number of aliphatic hydroxyl groups excluding tert-OH is 1. The van der Waals surface area contributed by atoms with Crippen LogP contribution in [0.1, 0.15) is 42.9 Å². The zero-order valence-electron chi connectivity index (χ0n) is 17.2. The molecule has 3 heterocycles. The molecule has 32 heavy (non-hydrogen) atoms. The first-order chi connectivity index (χ1) is 15.7. The Hall–Kier alpha value is -3.59. The van der Waals surface area contributed by atoms with Crippen molar-refractivity contribution in [2.24, 2.45) is 0 Å². The number of benzene rings is 1. The van der Waals surface area contributed by atoms with Crippen molar-refractivity contribution >= 4 is 17.3 Å². The summed E-state index contributed by atoms with van der Waals surface area (Å²) in [7, 11) is 0. The van der Waals surface area contributed by atoms with Crippen molar-refractivity contribution < 1.29 is 5.11 Å². The molecular formula is C24H20N6OS. The highest BCUT2D eigenvalue weighted by Crippen LogP contribution is 2.37. The van der Waals surface area contributed by atoms with E-state index in [0.717, 1.165) is 46.6 Å². The van der Waals surface area contributed by atoms with Gasteiger partial charge in [-0.05, 0) is 31.0 Å². The highest BCUT2D eigenvalue weighted by Gasteiger charge is 2.25. The molecule has 3 aromatic heterocycles. The minimum atomic E-state index is -0.378. The number of hydrogen-bond acceptors (Lipinski definition) is 6. The molecule has 5 rings (SSSR count). The maximum Gasteiger partial charge on any atom is 0.103 e. The molecule has 158 valence electrons. The molecule has 1 aliphatic rings. The van der Waals surface area contributed by atoms with E-state index in [1.807, 2.05) is 41.3 Å². The molecule has 2 atom stereocenters. The highest BCUT2D eigenvalue weighted by molar-refractivity contribution is 7.99. The number of nitriles is 2.